The van der Waals surface area contributed by atoms with E-state index in [1.54, 1.807) is 0 Å². The lowest BCUT2D eigenvalue weighted by atomic mass is 10.1. The van der Waals surface area contributed by atoms with Crippen molar-refractivity contribution in [2.75, 3.05) is 13.1 Å². The number of carboxylic acid groups (broad SMARTS) is 1. The van der Waals surface area contributed by atoms with Gasteiger partial charge >= 0.3 is 6.09 Å². The molecule has 0 aromatic carbocycles. The first kappa shape index (κ1) is 20.9. The SMILES string of the molecule is CC(C)(F)C(=O)NC[C@@H]1C[C@@H](O[Si](C)(C)C(C)(C)C)CN1C(=O)O. The molecule has 0 aromatic rings. The third kappa shape index (κ3) is 5.17. The average molecular weight is 363 g/mol. The molecule has 140 valence electrons. The Morgan fingerprint density at radius 3 is 2.25 bits per heavy atom. The van der Waals surface area contributed by atoms with Crippen LogP contribution in [0.4, 0.5) is 9.18 Å². The Labute approximate surface area is 144 Å². The zero-order valence-electron chi connectivity index (χ0n) is 15.8. The highest BCUT2D eigenvalue weighted by Gasteiger charge is 2.43. The highest BCUT2D eigenvalue weighted by molar-refractivity contribution is 6.74. The first-order chi connectivity index (χ1) is 10.6. The smallest absolute Gasteiger partial charge is 0.407 e. The topological polar surface area (TPSA) is 78.9 Å². The molecule has 1 aliphatic heterocycles. The Morgan fingerprint density at radius 2 is 1.83 bits per heavy atom. The predicted octanol–water partition coefficient (Wildman–Crippen LogP) is 2.99. The third-order valence-corrected chi connectivity index (χ3v) is 9.46. The molecule has 6 nitrogen and oxygen atoms in total. The van der Waals surface area contributed by atoms with Crippen molar-refractivity contribution in [3.05, 3.63) is 0 Å². The number of carbonyl (C=O) groups excluding carboxylic acids is 1. The van der Waals surface area contributed by atoms with E-state index in [9.17, 15) is 19.1 Å². The first-order valence-electron chi connectivity index (χ1n) is 8.30. The molecule has 0 saturated carbocycles. The van der Waals surface area contributed by atoms with Crippen molar-refractivity contribution >= 4 is 20.3 Å². The lowest BCUT2D eigenvalue weighted by Gasteiger charge is -2.38. The normalized spacial score (nSPS) is 22.6. The second kappa shape index (κ2) is 6.99. The summed E-state index contributed by atoms with van der Waals surface area (Å²) in [6, 6.07) is -0.399. The molecule has 0 radical (unpaired) electrons. The van der Waals surface area contributed by atoms with Gasteiger partial charge in [-0.2, -0.15) is 0 Å². The van der Waals surface area contributed by atoms with Gasteiger partial charge in [-0.3, -0.25) is 4.79 Å². The van der Waals surface area contributed by atoms with Crippen LogP contribution in [0.3, 0.4) is 0 Å². The van der Waals surface area contributed by atoms with Gasteiger partial charge in [-0.1, -0.05) is 20.8 Å². The molecule has 1 rings (SSSR count). The molecular formula is C16H31FN2O4Si. The Hall–Kier alpha value is -1.15. The van der Waals surface area contributed by atoms with Crippen molar-refractivity contribution in [1.82, 2.24) is 10.2 Å². The minimum absolute atomic E-state index is 0.0333. The summed E-state index contributed by atoms with van der Waals surface area (Å²) < 4.78 is 19.9. The van der Waals surface area contributed by atoms with E-state index in [-0.39, 0.29) is 24.2 Å². The second-order valence-corrected chi connectivity index (χ2v) is 13.3. The largest absolute Gasteiger partial charge is 0.465 e. The van der Waals surface area contributed by atoms with Crippen LogP contribution >= 0.6 is 0 Å². The van der Waals surface area contributed by atoms with Crippen LogP contribution in [-0.4, -0.2) is 61.2 Å². The zero-order chi connectivity index (χ0) is 18.9. The molecule has 0 aromatic heterocycles. The van der Waals surface area contributed by atoms with Crippen molar-refractivity contribution < 1.29 is 23.5 Å². The number of hydrogen-bond donors (Lipinski definition) is 2. The van der Waals surface area contributed by atoms with Crippen molar-refractivity contribution in [3.63, 3.8) is 0 Å². The minimum atomic E-state index is -2.01. The van der Waals surface area contributed by atoms with E-state index in [4.69, 9.17) is 4.43 Å². The van der Waals surface area contributed by atoms with Gasteiger partial charge in [0.15, 0.2) is 14.0 Å². The summed E-state index contributed by atoms with van der Waals surface area (Å²) in [4.78, 5) is 24.4. The van der Waals surface area contributed by atoms with E-state index in [2.05, 4.69) is 39.2 Å². The Bertz CT molecular complexity index is 485. The predicted molar refractivity (Wildman–Crippen MR) is 93.4 cm³/mol. The number of halogens is 1. The fourth-order valence-corrected chi connectivity index (χ4v) is 3.76. The Morgan fingerprint density at radius 1 is 1.29 bits per heavy atom. The summed E-state index contributed by atoms with van der Waals surface area (Å²) in [6.45, 7) is 13.4. The summed E-state index contributed by atoms with van der Waals surface area (Å²) in [7, 11) is -2.01. The van der Waals surface area contributed by atoms with E-state index >= 15 is 0 Å². The van der Waals surface area contributed by atoms with E-state index in [0.29, 0.717) is 6.42 Å². The molecule has 0 spiro atoms. The van der Waals surface area contributed by atoms with Gasteiger partial charge < -0.3 is 19.7 Å². The molecule has 1 fully saturated rings. The molecule has 2 atom stereocenters. The van der Waals surface area contributed by atoms with E-state index in [1.807, 2.05) is 0 Å². The number of amides is 2. The van der Waals surface area contributed by atoms with Crippen molar-refractivity contribution in [1.29, 1.82) is 0 Å². The fourth-order valence-electron chi connectivity index (χ4n) is 2.40. The number of nitrogens with zero attached hydrogens (tertiary/aromatic N) is 1. The Balaban J connectivity index is 2.74. The molecule has 1 saturated heterocycles. The lowest BCUT2D eigenvalue weighted by Crippen LogP contribution is -2.46. The highest BCUT2D eigenvalue weighted by atomic mass is 28.4. The number of nitrogens with one attached hydrogen (secondary N) is 1. The van der Waals surface area contributed by atoms with Crippen LogP contribution in [-0.2, 0) is 9.22 Å². The maximum atomic E-state index is 13.6. The quantitative estimate of drug-likeness (QED) is 0.737. The minimum Gasteiger partial charge on any atom is -0.465 e. The molecule has 2 N–H and O–H groups in total. The van der Waals surface area contributed by atoms with E-state index in [0.717, 1.165) is 0 Å². The number of alkyl halides is 1. The number of hydrogen-bond acceptors (Lipinski definition) is 3. The first-order valence-corrected chi connectivity index (χ1v) is 11.2. The van der Waals surface area contributed by atoms with Gasteiger partial charge in [0.25, 0.3) is 5.91 Å². The number of rotatable bonds is 5. The Kier molecular flexibility index (Phi) is 6.09. The van der Waals surface area contributed by atoms with E-state index < -0.39 is 32.0 Å². The van der Waals surface area contributed by atoms with Crippen LogP contribution in [0.25, 0.3) is 0 Å². The number of carbonyl (C=O) groups is 2. The van der Waals surface area contributed by atoms with Gasteiger partial charge in [-0.05, 0) is 38.4 Å². The van der Waals surface area contributed by atoms with Crippen LogP contribution in [0.1, 0.15) is 41.0 Å². The molecule has 1 aliphatic rings. The van der Waals surface area contributed by atoms with Crippen LogP contribution in [0.15, 0.2) is 0 Å². The fraction of sp³-hybridized carbons (Fsp3) is 0.875. The average Bonchev–Trinajstić information content (AvgIpc) is 2.75. The monoisotopic (exact) mass is 362 g/mol. The zero-order valence-corrected chi connectivity index (χ0v) is 16.8. The molecule has 8 heteroatoms. The van der Waals surface area contributed by atoms with Crippen molar-refractivity contribution in [3.8, 4) is 0 Å². The maximum absolute atomic E-state index is 13.6. The summed E-state index contributed by atoms with van der Waals surface area (Å²) in [5, 5.41) is 11.9. The highest BCUT2D eigenvalue weighted by Crippen LogP contribution is 2.38. The van der Waals surface area contributed by atoms with Gasteiger partial charge in [0.1, 0.15) is 0 Å². The molecule has 0 aliphatic carbocycles. The van der Waals surface area contributed by atoms with Gasteiger partial charge in [-0.15, -0.1) is 0 Å². The van der Waals surface area contributed by atoms with Gasteiger partial charge in [0.2, 0.25) is 0 Å². The van der Waals surface area contributed by atoms with Crippen LogP contribution in [0.5, 0.6) is 0 Å². The molecule has 2 amide bonds. The summed E-state index contributed by atoms with van der Waals surface area (Å²) >= 11 is 0. The molecule has 24 heavy (non-hydrogen) atoms. The van der Waals surface area contributed by atoms with Crippen LogP contribution in [0, 0.1) is 0 Å². The number of likely N-dealkylation sites (tertiary alicyclic amines) is 1. The molecule has 0 bridgehead atoms. The summed E-state index contributed by atoms with van der Waals surface area (Å²) in [5.41, 5.74) is -1.98. The maximum Gasteiger partial charge on any atom is 0.407 e. The van der Waals surface area contributed by atoms with Gasteiger partial charge in [-0.25, -0.2) is 9.18 Å². The molecule has 0 unspecified atom stereocenters. The standard InChI is InChI=1S/C16H31FN2O4Si/c1-15(2,3)24(6,7)23-12-8-11(19(10-12)14(21)22)9-18-13(20)16(4,5)17/h11-12H,8-10H2,1-7H3,(H,18,20)(H,21,22)/t11-,12+/m0/s1. The van der Waals surface area contributed by atoms with Crippen molar-refractivity contribution in [2.45, 2.75) is 77.0 Å². The molecular weight excluding hydrogens is 331 g/mol. The van der Waals surface area contributed by atoms with Gasteiger partial charge in [0.05, 0.1) is 12.1 Å². The molecule has 1 heterocycles. The van der Waals surface area contributed by atoms with Gasteiger partial charge in [0, 0.05) is 13.1 Å². The van der Waals surface area contributed by atoms with Crippen molar-refractivity contribution in [2.24, 2.45) is 0 Å². The third-order valence-electron chi connectivity index (χ3n) is 4.93. The summed E-state index contributed by atoms with van der Waals surface area (Å²) in [6.07, 6.45) is -0.733. The summed E-state index contributed by atoms with van der Waals surface area (Å²) in [5.74, 6) is -0.735. The van der Waals surface area contributed by atoms with E-state index in [1.165, 1.54) is 18.7 Å². The second-order valence-electron chi connectivity index (χ2n) is 8.51. The van der Waals surface area contributed by atoms with Crippen LogP contribution < -0.4 is 5.32 Å². The lowest BCUT2D eigenvalue weighted by molar-refractivity contribution is -0.131. The van der Waals surface area contributed by atoms with Crippen LogP contribution in [0.2, 0.25) is 18.1 Å².